The number of alkyl halides is 3. The van der Waals surface area contributed by atoms with Crippen LogP contribution in [0.1, 0.15) is 32.3 Å². The third kappa shape index (κ3) is 2.11. The van der Waals surface area contributed by atoms with Gasteiger partial charge in [-0.15, -0.1) is 0 Å². The van der Waals surface area contributed by atoms with Gasteiger partial charge in [-0.25, -0.2) is 4.79 Å². The molecule has 6 atom stereocenters. The van der Waals surface area contributed by atoms with E-state index in [-0.39, 0.29) is 24.5 Å². The van der Waals surface area contributed by atoms with E-state index in [1.54, 1.807) is 13.0 Å². The van der Waals surface area contributed by atoms with Crippen molar-refractivity contribution in [1.29, 1.82) is 0 Å². The van der Waals surface area contributed by atoms with Crippen LogP contribution < -0.4 is 0 Å². The van der Waals surface area contributed by atoms with Crippen molar-refractivity contribution in [3.8, 4) is 0 Å². The highest BCUT2D eigenvalue weighted by Crippen LogP contribution is 2.71. The Kier molecular flexibility index (Phi) is 4.01. The summed E-state index contributed by atoms with van der Waals surface area (Å²) >= 11 is 0. The second kappa shape index (κ2) is 5.70. The Morgan fingerprint density at radius 1 is 1.21 bits per heavy atom. The number of ether oxygens (including phenoxy) is 3. The minimum absolute atomic E-state index is 0.141. The summed E-state index contributed by atoms with van der Waals surface area (Å²) in [6.45, 7) is 3.84. The molecule has 0 radical (unpaired) electrons. The van der Waals surface area contributed by atoms with Crippen LogP contribution in [0.4, 0.5) is 13.2 Å². The molecule has 1 aliphatic heterocycles. The molecule has 5 nitrogen and oxygen atoms in total. The van der Waals surface area contributed by atoms with Gasteiger partial charge in [-0.05, 0) is 13.3 Å². The summed E-state index contributed by atoms with van der Waals surface area (Å²) in [6, 6.07) is 6.75. The SMILES string of the molecule is CO[C@@](C(=O)O[C@@H]1C[C@]2(C)OC[C@@]3(C)[C@H]1C[C@@]32O)(c1ccccc1)C(F)(F)F. The van der Waals surface area contributed by atoms with Gasteiger partial charge < -0.3 is 19.3 Å². The molecule has 1 aromatic carbocycles. The predicted molar refractivity (Wildman–Crippen MR) is 91.2 cm³/mol. The number of carbonyl (C=O) groups is 1. The fraction of sp³-hybridized carbons (Fsp3) is 0.650. The first kappa shape index (κ1) is 19.7. The van der Waals surface area contributed by atoms with Crippen molar-refractivity contribution in [3.63, 3.8) is 0 Å². The van der Waals surface area contributed by atoms with Crippen LogP contribution in [0.3, 0.4) is 0 Å². The van der Waals surface area contributed by atoms with Gasteiger partial charge in [0.2, 0.25) is 0 Å². The molecule has 154 valence electrons. The van der Waals surface area contributed by atoms with Crippen molar-refractivity contribution in [2.75, 3.05) is 13.7 Å². The van der Waals surface area contributed by atoms with Crippen molar-refractivity contribution in [2.24, 2.45) is 11.3 Å². The van der Waals surface area contributed by atoms with Gasteiger partial charge >= 0.3 is 12.1 Å². The zero-order chi connectivity index (χ0) is 20.6. The second-order valence-electron chi connectivity index (χ2n) is 8.50. The molecular formula is C20H23F3O5. The van der Waals surface area contributed by atoms with Crippen LogP contribution in [-0.4, -0.2) is 48.3 Å². The number of carbonyl (C=O) groups excluding carboxylic acids is 1. The Balaban J connectivity index is 1.67. The van der Waals surface area contributed by atoms with E-state index in [1.807, 2.05) is 6.92 Å². The van der Waals surface area contributed by atoms with Gasteiger partial charge in [0.05, 0.1) is 12.2 Å². The maximum Gasteiger partial charge on any atom is 0.432 e. The number of halogens is 3. The predicted octanol–water partition coefficient (Wildman–Crippen LogP) is 2.95. The number of fused-ring (bicyclic) bond motifs is 1. The quantitative estimate of drug-likeness (QED) is 0.788. The topological polar surface area (TPSA) is 65.0 Å². The zero-order valence-corrected chi connectivity index (χ0v) is 15.9. The Morgan fingerprint density at radius 3 is 2.39 bits per heavy atom. The first-order valence-electron chi connectivity index (χ1n) is 9.20. The highest BCUT2D eigenvalue weighted by Gasteiger charge is 2.80. The molecule has 8 heteroatoms. The summed E-state index contributed by atoms with van der Waals surface area (Å²) in [5, 5.41) is 11.0. The summed E-state index contributed by atoms with van der Waals surface area (Å²) in [5.41, 5.74) is -6.20. The maximum absolute atomic E-state index is 14.1. The van der Waals surface area contributed by atoms with Crippen LogP contribution in [0.2, 0.25) is 0 Å². The van der Waals surface area contributed by atoms with Crippen LogP contribution in [0.5, 0.6) is 0 Å². The summed E-state index contributed by atoms with van der Waals surface area (Å²) < 4.78 is 58.2. The summed E-state index contributed by atoms with van der Waals surface area (Å²) in [7, 11) is 0.847. The molecule has 28 heavy (non-hydrogen) atoms. The fourth-order valence-electron chi connectivity index (χ4n) is 5.45. The van der Waals surface area contributed by atoms with Crippen molar-refractivity contribution >= 4 is 5.97 Å². The number of benzene rings is 1. The highest BCUT2D eigenvalue weighted by molar-refractivity contribution is 5.83. The Hall–Kier alpha value is -1.64. The maximum atomic E-state index is 14.1. The molecule has 0 spiro atoms. The molecule has 3 aliphatic carbocycles. The average Bonchev–Trinajstić information content (AvgIpc) is 2.71. The number of hydrogen-bond acceptors (Lipinski definition) is 5. The average molecular weight is 400 g/mol. The van der Waals surface area contributed by atoms with Gasteiger partial charge in [-0.2, -0.15) is 13.2 Å². The molecule has 0 aromatic heterocycles. The van der Waals surface area contributed by atoms with Crippen molar-refractivity contribution in [3.05, 3.63) is 35.9 Å². The standard InChI is InChI=1S/C20H23F3O5/c1-16-11-27-17(2)10-14(13(16)9-18(16,17)25)28-15(24)19(26-3,20(21,22)23)12-7-5-4-6-8-12/h4-8,13-14,25H,9-11H2,1-3H3/t13-,14+,16-,17-,18+,19+/m0/s1. The number of methoxy groups -OCH3 is 1. The van der Waals surface area contributed by atoms with E-state index in [0.717, 1.165) is 7.11 Å². The zero-order valence-electron chi connectivity index (χ0n) is 15.9. The van der Waals surface area contributed by atoms with Crippen LogP contribution in [0.25, 0.3) is 0 Å². The molecule has 0 unspecified atom stereocenters. The third-order valence-corrected chi connectivity index (χ3v) is 7.32. The lowest BCUT2D eigenvalue weighted by Gasteiger charge is -2.65. The molecule has 0 amide bonds. The van der Waals surface area contributed by atoms with Crippen molar-refractivity contribution in [1.82, 2.24) is 0 Å². The minimum atomic E-state index is -5.02. The Labute approximate surface area is 160 Å². The van der Waals surface area contributed by atoms with Gasteiger partial charge in [0, 0.05) is 30.4 Å². The Bertz CT molecular complexity index is 787. The van der Waals surface area contributed by atoms with Crippen molar-refractivity contribution < 1.29 is 37.3 Å². The molecule has 1 aromatic rings. The van der Waals surface area contributed by atoms with Gasteiger partial charge in [0.15, 0.2) is 0 Å². The van der Waals surface area contributed by atoms with Crippen molar-refractivity contribution in [2.45, 2.75) is 55.8 Å². The lowest BCUT2D eigenvalue weighted by molar-refractivity contribution is -0.302. The van der Waals surface area contributed by atoms with E-state index >= 15 is 0 Å². The highest BCUT2D eigenvalue weighted by atomic mass is 19.4. The first-order valence-corrected chi connectivity index (χ1v) is 9.20. The van der Waals surface area contributed by atoms with E-state index in [0.29, 0.717) is 6.42 Å². The Morgan fingerprint density at radius 2 is 1.86 bits per heavy atom. The molecule has 5 rings (SSSR count). The number of rotatable bonds is 4. The van der Waals surface area contributed by atoms with Gasteiger partial charge in [-0.3, -0.25) is 0 Å². The molecule has 1 N–H and O–H groups in total. The van der Waals surface area contributed by atoms with Gasteiger partial charge in [0.25, 0.3) is 5.60 Å². The van der Waals surface area contributed by atoms with Crippen LogP contribution >= 0.6 is 0 Å². The number of aliphatic hydroxyl groups is 1. The molecule has 4 bridgehead atoms. The molecule has 1 heterocycles. The monoisotopic (exact) mass is 400 g/mol. The summed E-state index contributed by atoms with van der Waals surface area (Å²) in [6.07, 6.45) is -5.34. The van der Waals surface area contributed by atoms with E-state index in [1.165, 1.54) is 24.3 Å². The molecule has 4 aliphatic rings. The van der Waals surface area contributed by atoms with E-state index in [9.17, 15) is 23.1 Å². The minimum Gasteiger partial charge on any atom is -0.459 e. The summed E-state index contributed by atoms with van der Waals surface area (Å²) in [4.78, 5) is 12.9. The molecule has 3 saturated carbocycles. The largest absolute Gasteiger partial charge is 0.459 e. The smallest absolute Gasteiger partial charge is 0.432 e. The van der Waals surface area contributed by atoms with E-state index in [4.69, 9.17) is 14.2 Å². The van der Waals surface area contributed by atoms with Gasteiger partial charge in [0.1, 0.15) is 11.7 Å². The van der Waals surface area contributed by atoms with Crippen LogP contribution in [-0.2, 0) is 24.6 Å². The second-order valence-corrected chi connectivity index (χ2v) is 8.50. The van der Waals surface area contributed by atoms with E-state index < -0.39 is 40.5 Å². The normalized spacial score (nSPS) is 41.1. The lowest BCUT2D eigenvalue weighted by Crippen LogP contribution is -2.76. The molecular weight excluding hydrogens is 377 g/mol. The fourth-order valence-corrected chi connectivity index (χ4v) is 5.45. The van der Waals surface area contributed by atoms with E-state index in [2.05, 4.69) is 0 Å². The van der Waals surface area contributed by atoms with Gasteiger partial charge in [-0.1, -0.05) is 37.3 Å². The van der Waals surface area contributed by atoms with Crippen LogP contribution in [0.15, 0.2) is 30.3 Å². The number of esters is 1. The van der Waals surface area contributed by atoms with Crippen LogP contribution in [0, 0.1) is 11.3 Å². The summed E-state index contributed by atoms with van der Waals surface area (Å²) in [5.74, 6) is -1.77. The lowest BCUT2D eigenvalue weighted by atomic mass is 9.41. The third-order valence-electron chi connectivity index (χ3n) is 7.32. The molecule has 1 saturated heterocycles. The first-order chi connectivity index (χ1) is 13.0. The number of hydrogen-bond donors (Lipinski definition) is 1. The molecule has 4 fully saturated rings.